The molecule has 1 fully saturated rings. The van der Waals surface area contributed by atoms with Crippen molar-refractivity contribution in [1.29, 1.82) is 0 Å². The molecule has 6 rings (SSSR count). The maximum absolute atomic E-state index is 13.8. The van der Waals surface area contributed by atoms with Crippen LogP contribution < -0.4 is 20.9 Å². The molecule has 0 amide bonds. The first-order valence-corrected chi connectivity index (χ1v) is 14.2. The molecule has 0 aliphatic carbocycles. The van der Waals surface area contributed by atoms with E-state index in [9.17, 15) is 4.79 Å². The van der Waals surface area contributed by atoms with Crippen molar-refractivity contribution >= 4 is 34.3 Å². The van der Waals surface area contributed by atoms with E-state index in [0.29, 0.717) is 27.7 Å². The highest BCUT2D eigenvalue weighted by atomic mass is 35.5. The Hall–Kier alpha value is -4.21. The SMILES string of the molecule is CC(C)n1c(=O)c(-c2ccc(-c3cnn(C)c3)cc2Cl)cc2cnc(Nc3ccc(OC4CCNCC4)cc3)nc21. The summed E-state index contributed by atoms with van der Waals surface area (Å²) in [7, 11) is 1.87. The number of nitrogens with zero attached hydrogens (tertiary/aromatic N) is 5. The molecule has 0 spiro atoms. The molecule has 0 saturated carbocycles. The Morgan fingerprint density at radius 2 is 1.80 bits per heavy atom. The zero-order valence-corrected chi connectivity index (χ0v) is 24.0. The molecule has 0 bridgehead atoms. The van der Waals surface area contributed by atoms with Gasteiger partial charge in [-0.25, -0.2) is 4.98 Å². The van der Waals surface area contributed by atoms with E-state index in [1.165, 1.54) is 0 Å². The number of benzene rings is 2. The van der Waals surface area contributed by atoms with Crippen molar-refractivity contribution in [2.24, 2.45) is 7.05 Å². The van der Waals surface area contributed by atoms with Gasteiger partial charge in [0.1, 0.15) is 17.5 Å². The van der Waals surface area contributed by atoms with Crippen LogP contribution in [0.15, 0.2) is 71.9 Å². The second-order valence-electron chi connectivity index (χ2n) is 10.6. The van der Waals surface area contributed by atoms with E-state index in [2.05, 4.69) is 20.7 Å². The van der Waals surface area contributed by atoms with E-state index in [1.54, 1.807) is 21.6 Å². The van der Waals surface area contributed by atoms with Crippen LogP contribution in [0.1, 0.15) is 32.7 Å². The van der Waals surface area contributed by atoms with Gasteiger partial charge in [0, 0.05) is 58.3 Å². The van der Waals surface area contributed by atoms with E-state index in [1.807, 2.05) is 75.6 Å². The second-order valence-corrected chi connectivity index (χ2v) is 11.0. The van der Waals surface area contributed by atoms with Crippen LogP contribution in [0.2, 0.25) is 5.02 Å². The maximum atomic E-state index is 13.8. The van der Waals surface area contributed by atoms with E-state index in [0.717, 1.165) is 53.9 Å². The second kappa shape index (κ2) is 11.3. The Morgan fingerprint density at radius 1 is 1.02 bits per heavy atom. The monoisotopic (exact) mass is 569 g/mol. The predicted octanol–water partition coefficient (Wildman–Crippen LogP) is 5.97. The summed E-state index contributed by atoms with van der Waals surface area (Å²) in [6.45, 7) is 5.90. The average Bonchev–Trinajstić information content (AvgIpc) is 3.40. The number of nitrogens with one attached hydrogen (secondary N) is 2. The number of ether oxygens (including phenoxy) is 1. The molecule has 4 heterocycles. The average molecular weight is 570 g/mol. The molecule has 5 aromatic rings. The number of piperidine rings is 1. The molecule has 210 valence electrons. The van der Waals surface area contributed by atoms with Gasteiger partial charge in [-0.1, -0.05) is 23.7 Å². The third kappa shape index (κ3) is 5.68. The molecule has 10 heteroatoms. The maximum Gasteiger partial charge on any atom is 0.260 e. The largest absolute Gasteiger partial charge is 0.490 e. The number of pyridine rings is 1. The zero-order chi connectivity index (χ0) is 28.5. The van der Waals surface area contributed by atoms with Crippen LogP contribution >= 0.6 is 11.6 Å². The minimum absolute atomic E-state index is 0.132. The third-order valence-electron chi connectivity index (χ3n) is 7.29. The lowest BCUT2D eigenvalue weighted by Gasteiger charge is -2.23. The first-order valence-electron chi connectivity index (χ1n) is 13.8. The number of halogens is 1. The Kier molecular flexibility index (Phi) is 7.47. The Bertz CT molecular complexity index is 1760. The first-order chi connectivity index (χ1) is 19.9. The standard InChI is InChI=1S/C31H32ClN7O2/c1-19(2)39-29-21(14-27(30(39)40)26-9-4-20(15-28(26)32)22-17-35-38(3)18-22)16-34-31(37-29)36-23-5-7-24(8-6-23)41-25-10-12-33-13-11-25/h4-9,14-19,25,33H,10-13H2,1-3H3,(H,34,36,37). The van der Waals surface area contributed by atoms with Gasteiger partial charge in [-0.15, -0.1) is 0 Å². The molecule has 0 atom stereocenters. The molecule has 41 heavy (non-hydrogen) atoms. The fraction of sp³-hybridized carbons (Fsp3) is 0.290. The van der Waals surface area contributed by atoms with Crippen molar-refractivity contribution in [1.82, 2.24) is 29.6 Å². The van der Waals surface area contributed by atoms with Gasteiger partial charge >= 0.3 is 0 Å². The van der Waals surface area contributed by atoms with Crippen molar-refractivity contribution in [2.75, 3.05) is 18.4 Å². The number of fused-ring (bicyclic) bond motifs is 1. The third-order valence-corrected chi connectivity index (χ3v) is 7.60. The summed E-state index contributed by atoms with van der Waals surface area (Å²) in [4.78, 5) is 23.1. The van der Waals surface area contributed by atoms with Crippen molar-refractivity contribution in [2.45, 2.75) is 38.8 Å². The van der Waals surface area contributed by atoms with Crippen LogP contribution in [0.4, 0.5) is 11.6 Å². The van der Waals surface area contributed by atoms with Crippen LogP contribution in [0.5, 0.6) is 5.75 Å². The molecule has 2 aromatic carbocycles. The molecule has 1 aliphatic heterocycles. The van der Waals surface area contributed by atoms with E-state index < -0.39 is 0 Å². The predicted molar refractivity (Wildman–Crippen MR) is 163 cm³/mol. The minimum atomic E-state index is -0.160. The highest BCUT2D eigenvalue weighted by molar-refractivity contribution is 6.33. The number of hydrogen-bond acceptors (Lipinski definition) is 7. The van der Waals surface area contributed by atoms with Gasteiger partial charge < -0.3 is 15.4 Å². The highest BCUT2D eigenvalue weighted by Gasteiger charge is 2.18. The fourth-order valence-corrected chi connectivity index (χ4v) is 5.47. The van der Waals surface area contributed by atoms with E-state index >= 15 is 0 Å². The molecule has 0 unspecified atom stereocenters. The molecule has 3 aromatic heterocycles. The number of hydrogen-bond donors (Lipinski definition) is 2. The lowest BCUT2D eigenvalue weighted by molar-refractivity contribution is 0.162. The number of anilines is 2. The molecular formula is C31H32ClN7O2. The minimum Gasteiger partial charge on any atom is -0.490 e. The summed E-state index contributed by atoms with van der Waals surface area (Å²) < 4.78 is 9.54. The lowest BCUT2D eigenvalue weighted by atomic mass is 10.0. The molecule has 1 aliphatic rings. The Balaban J connectivity index is 1.29. The van der Waals surface area contributed by atoms with Crippen LogP contribution in [0.3, 0.4) is 0 Å². The van der Waals surface area contributed by atoms with Crippen LogP contribution in [0, 0.1) is 0 Å². The van der Waals surface area contributed by atoms with Crippen molar-refractivity contribution in [3.05, 3.63) is 82.5 Å². The van der Waals surface area contributed by atoms with E-state index in [-0.39, 0.29) is 17.7 Å². The van der Waals surface area contributed by atoms with Crippen molar-refractivity contribution in [3.63, 3.8) is 0 Å². The van der Waals surface area contributed by atoms with Gasteiger partial charge in [0.15, 0.2) is 0 Å². The summed E-state index contributed by atoms with van der Waals surface area (Å²) in [5.74, 6) is 1.25. The van der Waals surface area contributed by atoms with E-state index in [4.69, 9.17) is 21.3 Å². The van der Waals surface area contributed by atoms with Crippen LogP contribution in [-0.2, 0) is 7.05 Å². The van der Waals surface area contributed by atoms with Crippen molar-refractivity contribution in [3.8, 4) is 28.0 Å². The quantitative estimate of drug-likeness (QED) is 0.249. The summed E-state index contributed by atoms with van der Waals surface area (Å²) in [6.07, 6.45) is 7.70. The summed E-state index contributed by atoms with van der Waals surface area (Å²) in [5.41, 5.74) is 4.28. The van der Waals surface area contributed by atoms with Gasteiger partial charge in [0.25, 0.3) is 5.56 Å². The number of rotatable bonds is 7. The molecular weight excluding hydrogens is 538 g/mol. The van der Waals surface area contributed by atoms with Crippen molar-refractivity contribution < 1.29 is 4.74 Å². The number of aryl methyl sites for hydroxylation is 1. The van der Waals surface area contributed by atoms with Crippen LogP contribution in [-0.4, -0.2) is 43.5 Å². The normalized spacial score (nSPS) is 14.1. The summed E-state index contributed by atoms with van der Waals surface area (Å²) in [5, 5.41) is 12.1. The first kappa shape index (κ1) is 27.0. The summed E-state index contributed by atoms with van der Waals surface area (Å²) in [6, 6.07) is 15.2. The van der Waals surface area contributed by atoms with Gasteiger partial charge in [0.2, 0.25) is 5.95 Å². The smallest absolute Gasteiger partial charge is 0.260 e. The van der Waals surface area contributed by atoms with Gasteiger partial charge in [-0.3, -0.25) is 14.0 Å². The topological polar surface area (TPSA) is 98.9 Å². The zero-order valence-electron chi connectivity index (χ0n) is 23.3. The number of aromatic nitrogens is 5. The van der Waals surface area contributed by atoms with Gasteiger partial charge in [-0.05, 0) is 81.7 Å². The summed E-state index contributed by atoms with van der Waals surface area (Å²) >= 11 is 6.73. The molecule has 9 nitrogen and oxygen atoms in total. The highest BCUT2D eigenvalue weighted by Crippen LogP contribution is 2.32. The fourth-order valence-electron chi connectivity index (χ4n) is 5.19. The lowest BCUT2D eigenvalue weighted by Crippen LogP contribution is -2.34. The van der Waals surface area contributed by atoms with Crippen LogP contribution in [0.25, 0.3) is 33.3 Å². The Labute approximate surface area is 243 Å². The molecule has 1 saturated heterocycles. The van der Waals surface area contributed by atoms with Gasteiger partial charge in [-0.2, -0.15) is 10.1 Å². The molecule has 2 N–H and O–H groups in total. The molecule has 0 radical (unpaired) electrons. The van der Waals surface area contributed by atoms with Gasteiger partial charge in [0.05, 0.1) is 6.20 Å². The Morgan fingerprint density at radius 3 is 2.49 bits per heavy atom.